The quantitative estimate of drug-likeness (QED) is 0.764. The van der Waals surface area contributed by atoms with Crippen LogP contribution in [-0.4, -0.2) is 19.8 Å². The van der Waals surface area contributed by atoms with Crippen LogP contribution >= 0.6 is 31.9 Å². The lowest BCUT2D eigenvalue weighted by molar-refractivity contribution is 0.468. The Bertz CT molecular complexity index is 753. The van der Waals surface area contributed by atoms with Crippen LogP contribution in [0.25, 0.3) is 0 Å². The summed E-state index contributed by atoms with van der Waals surface area (Å²) in [5.41, 5.74) is 1.45. The van der Waals surface area contributed by atoms with Gasteiger partial charge < -0.3 is 10.4 Å². The Hall–Kier alpha value is -1.05. The van der Waals surface area contributed by atoms with Gasteiger partial charge in [0.05, 0.1) is 19.5 Å². The fourth-order valence-corrected chi connectivity index (χ4v) is 4.00. The fraction of sp³-hybridized carbons (Fsp3) is 0.143. The zero-order valence-electron chi connectivity index (χ0n) is 11.1. The van der Waals surface area contributed by atoms with Gasteiger partial charge in [0, 0.05) is 12.8 Å². The van der Waals surface area contributed by atoms with Crippen molar-refractivity contribution in [3.8, 4) is 5.75 Å². The summed E-state index contributed by atoms with van der Waals surface area (Å²) in [6.07, 6.45) is 1.18. The Kier molecular flexibility index (Phi) is 4.95. The monoisotopic (exact) mass is 433 g/mol. The zero-order chi connectivity index (χ0) is 15.6. The summed E-state index contributed by atoms with van der Waals surface area (Å²) >= 11 is 6.53. The van der Waals surface area contributed by atoms with Gasteiger partial charge >= 0.3 is 0 Å². The van der Waals surface area contributed by atoms with Crippen molar-refractivity contribution in [1.82, 2.24) is 0 Å². The summed E-state index contributed by atoms with van der Waals surface area (Å²) in [5.74, 6) is 0.135. The molecule has 0 aliphatic carbocycles. The molecule has 0 amide bonds. The van der Waals surface area contributed by atoms with E-state index in [1.807, 2.05) is 0 Å². The van der Waals surface area contributed by atoms with Crippen molar-refractivity contribution < 1.29 is 13.5 Å². The van der Waals surface area contributed by atoms with Crippen molar-refractivity contribution in [1.29, 1.82) is 0 Å². The first-order valence-electron chi connectivity index (χ1n) is 5.99. The van der Waals surface area contributed by atoms with Gasteiger partial charge in [0.2, 0.25) is 0 Å². The minimum atomic E-state index is -3.28. The first-order chi connectivity index (χ1) is 9.79. The zero-order valence-corrected chi connectivity index (χ0v) is 15.1. The Morgan fingerprint density at radius 1 is 1.14 bits per heavy atom. The number of para-hydroxylation sites is 1. The van der Waals surface area contributed by atoms with E-state index in [4.69, 9.17) is 0 Å². The highest BCUT2D eigenvalue weighted by Gasteiger charge is 2.12. The average Bonchev–Trinajstić information content (AvgIpc) is 2.41. The van der Waals surface area contributed by atoms with Gasteiger partial charge in [-0.15, -0.1) is 0 Å². The number of hydrogen-bond acceptors (Lipinski definition) is 4. The maximum absolute atomic E-state index is 11.7. The lowest BCUT2D eigenvalue weighted by Crippen LogP contribution is -2.06. The molecule has 112 valence electrons. The van der Waals surface area contributed by atoms with Crippen LogP contribution in [-0.2, 0) is 16.4 Å². The summed E-state index contributed by atoms with van der Waals surface area (Å²) in [5, 5.41) is 12.8. The predicted molar refractivity (Wildman–Crippen MR) is 90.4 cm³/mol. The number of aromatic hydroxyl groups is 1. The molecule has 2 N–H and O–H groups in total. The van der Waals surface area contributed by atoms with Crippen molar-refractivity contribution in [3.63, 3.8) is 0 Å². The molecule has 0 fully saturated rings. The van der Waals surface area contributed by atoms with Crippen molar-refractivity contribution in [3.05, 3.63) is 50.9 Å². The Balaban J connectivity index is 2.26. The van der Waals surface area contributed by atoms with E-state index in [1.54, 1.807) is 36.4 Å². The van der Waals surface area contributed by atoms with E-state index in [0.717, 1.165) is 5.56 Å². The van der Waals surface area contributed by atoms with Crippen molar-refractivity contribution in [2.75, 3.05) is 11.6 Å². The Morgan fingerprint density at radius 3 is 2.29 bits per heavy atom. The van der Waals surface area contributed by atoms with E-state index in [1.165, 1.54) is 6.26 Å². The van der Waals surface area contributed by atoms with Crippen molar-refractivity contribution >= 4 is 47.4 Å². The van der Waals surface area contributed by atoms with Crippen LogP contribution in [0, 0.1) is 0 Å². The normalized spacial score (nSPS) is 11.4. The lowest BCUT2D eigenvalue weighted by Gasteiger charge is -2.12. The molecular formula is C14H13Br2NO3S. The highest BCUT2D eigenvalue weighted by atomic mass is 79.9. The minimum absolute atomic E-state index is 0.135. The van der Waals surface area contributed by atoms with Crippen LogP contribution in [0.5, 0.6) is 5.75 Å². The van der Waals surface area contributed by atoms with Crippen molar-refractivity contribution in [2.45, 2.75) is 11.4 Å². The second-order valence-electron chi connectivity index (χ2n) is 4.53. The molecule has 0 radical (unpaired) electrons. The average molecular weight is 435 g/mol. The van der Waals surface area contributed by atoms with Crippen LogP contribution in [0.15, 0.2) is 50.2 Å². The molecule has 0 atom stereocenters. The van der Waals surface area contributed by atoms with Gasteiger partial charge in [-0.3, -0.25) is 0 Å². The number of nitrogens with one attached hydrogen (secondary N) is 1. The maximum Gasteiger partial charge on any atom is 0.177 e. The first kappa shape index (κ1) is 16.3. The topological polar surface area (TPSA) is 66.4 Å². The van der Waals surface area contributed by atoms with Crippen LogP contribution < -0.4 is 5.32 Å². The molecule has 2 rings (SSSR count). The van der Waals surface area contributed by atoms with E-state index in [2.05, 4.69) is 37.2 Å². The predicted octanol–water partition coefficient (Wildman–Crippen LogP) is 3.93. The molecular weight excluding hydrogens is 422 g/mol. The highest BCUT2D eigenvalue weighted by Crippen LogP contribution is 2.33. The molecule has 4 nitrogen and oxygen atoms in total. The minimum Gasteiger partial charge on any atom is -0.506 e. The molecule has 0 aliphatic heterocycles. The highest BCUT2D eigenvalue weighted by molar-refractivity contribution is 9.11. The Labute approximate surface area is 140 Å². The molecule has 0 saturated heterocycles. The molecule has 7 heteroatoms. The number of phenols is 1. The molecule has 2 aromatic rings. The van der Waals surface area contributed by atoms with E-state index in [9.17, 15) is 13.5 Å². The van der Waals surface area contributed by atoms with Crippen LogP contribution in [0.3, 0.4) is 0 Å². The first-order valence-corrected chi connectivity index (χ1v) is 9.46. The number of phenolic OH excluding ortho intramolecular Hbond substituents is 1. The number of halogens is 2. The van der Waals surface area contributed by atoms with Gasteiger partial charge in [-0.1, -0.05) is 12.1 Å². The van der Waals surface area contributed by atoms with E-state index in [-0.39, 0.29) is 10.6 Å². The number of hydrogen-bond donors (Lipinski definition) is 2. The molecule has 0 saturated carbocycles. The van der Waals surface area contributed by atoms with Crippen LogP contribution in [0.1, 0.15) is 5.56 Å². The third kappa shape index (κ3) is 3.99. The third-order valence-electron chi connectivity index (χ3n) is 2.85. The number of rotatable bonds is 4. The summed E-state index contributed by atoms with van der Waals surface area (Å²) in [4.78, 5) is 0.266. The van der Waals surface area contributed by atoms with E-state index < -0.39 is 9.84 Å². The lowest BCUT2D eigenvalue weighted by atomic mass is 10.2. The second kappa shape index (κ2) is 6.37. The summed E-state index contributed by atoms with van der Waals surface area (Å²) < 4.78 is 24.6. The molecule has 0 aromatic heterocycles. The van der Waals surface area contributed by atoms with E-state index in [0.29, 0.717) is 21.2 Å². The van der Waals surface area contributed by atoms with E-state index >= 15 is 0 Å². The largest absolute Gasteiger partial charge is 0.506 e. The number of anilines is 1. The van der Waals surface area contributed by atoms with Gasteiger partial charge in [-0.2, -0.15) is 0 Å². The molecule has 0 aliphatic rings. The standard InChI is InChI=1S/C14H13Br2NO3S/c1-21(19,20)13-5-3-2-4-12(13)17-8-9-6-10(15)14(18)11(16)7-9/h2-7,17-18H,8H2,1H3. The van der Waals surface area contributed by atoms with Crippen LogP contribution in [0.4, 0.5) is 5.69 Å². The SMILES string of the molecule is CS(=O)(=O)c1ccccc1NCc1cc(Br)c(O)c(Br)c1. The molecule has 0 bridgehead atoms. The molecule has 21 heavy (non-hydrogen) atoms. The van der Waals surface area contributed by atoms with Gasteiger partial charge in [0.1, 0.15) is 5.75 Å². The summed E-state index contributed by atoms with van der Waals surface area (Å²) in [6.45, 7) is 0.435. The Morgan fingerprint density at radius 2 is 1.71 bits per heavy atom. The molecule has 2 aromatic carbocycles. The fourth-order valence-electron chi connectivity index (χ4n) is 1.85. The number of benzene rings is 2. The van der Waals surface area contributed by atoms with Crippen molar-refractivity contribution in [2.24, 2.45) is 0 Å². The molecule has 0 unspecified atom stereocenters. The second-order valence-corrected chi connectivity index (χ2v) is 8.22. The smallest absolute Gasteiger partial charge is 0.177 e. The molecule has 0 spiro atoms. The molecule has 0 heterocycles. The summed E-state index contributed by atoms with van der Waals surface area (Å²) in [6, 6.07) is 10.3. The van der Waals surface area contributed by atoms with Crippen LogP contribution in [0.2, 0.25) is 0 Å². The summed E-state index contributed by atoms with van der Waals surface area (Å²) in [7, 11) is -3.28. The number of sulfone groups is 1. The van der Waals surface area contributed by atoms with Gasteiger partial charge in [0.15, 0.2) is 9.84 Å². The maximum atomic E-state index is 11.7. The van der Waals surface area contributed by atoms with Gasteiger partial charge in [-0.25, -0.2) is 8.42 Å². The van der Waals surface area contributed by atoms with Gasteiger partial charge in [0.25, 0.3) is 0 Å². The third-order valence-corrected chi connectivity index (χ3v) is 5.21. The van der Waals surface area contributed by atoms with Gasteiger partial charge in [-0.05, 0) is 61.7 Å².